The Morgan fingerprint density at radius 2 is 1.62 bits per heavy atom. The highest BCUT2D eigenvalue weighted by molar-refractivity contribution is 4.81. The van der Waals surface area contributed by atoms with Crippen molar-refractivity contribution in [3.05, 3.63) is 12.2 Å². The Bertz CT molecular complexity index is 232. The van der Waals surface area contributed by atoms with Gasteiger partial charge >= 0.3 is 0 Å². The first-order valence-electron chi connectivity index (χ1n) is 9.31. The molecule has 0 radical (unpaired) electrons. The summed E-state index contributed by atoms with van der Waals surface area (Å²) in [5.74, 6) is 0. The van der Waals surface area contributed by atoms with E-state index in [0.29, 0.717) is 0 Å². The van der Waals surface area contributed by atoms with Crippen LogP contribution in [0.3, 0.4) is 0 Å². The number of unbranched alkanes of at least 4 members (excludes halogenated alkanes) is 8. The molecule has 0 N–H and O–H groups in total. The molecule has 0 aromatic carbocycles. The van der Waals surface area contributed by atoms with Crippen LogP contribution in [0, 0.1) is 0 Å². The lowest BCUT2D eigenvalue weighted by Crippen LogP contribution is -2.22. The largest absolute Gasteiger partial charge is 0.353 e. The normalized spacial score (nSPS) is 19.4. The second-order valence-electron chi connectivity index (χ2n) is 6.19. The second kappa shape index (κ2) is 14.6. The van der Waals surface area contributed by atoms with E-state index in [2.05, 4.69) is 19.1 Å². The van der Waals surface area contributed by atoms with Crippen LogP contribution in [-0.2, 0) is 9.47 Å². The molecule has 1 rings (SSSR count). The minimum atomic E-state index is 0.0920. The average molecular weight is 296 g/mol. The highest BCUT2D eigenvalue weighted by Crippen LogP contribution is 2.14. The summed E-state index contributed by atoms with van der Waals surface area (Å²) in [6.07, 6.45) is 21.5. The third kappa shape index (κ3) is 11.9. The molecule has 124 valence electrons. The molecule has 2 heteroatoms. The van der Waals surface area contributed by atoms with E-state index in [9.17, 15) is 0 Å². The van der Waals surface area contributed by atoms with E-state index in [0.717, 1.165) is 19.6 Å². The highest BCUT2D eigenvalue weighted by atomic mass is 16.7. The van der Waals surface area contributed by atoms with Crippen molar-refractivity contribution in [3.63, 3.8) is 0 Å². The van der Waals surface area contributed by atoms with Crippen LogP contribution in [0.1, 0.15) is 90.4 Å². The lowest BCUT2D eigenvalue weighted by Gasteiger charge is -2.22. The molecule has 1 aliphatic rings. The van der Waals surface area contributed by atoms with E-state index < -0.39 is 0 Å². The van der Waals surface area contributed by atoms with Gasteiger partial charge in [-0.15, -0.1) is 0 Å². The van der Waals surface area contributed by atoms with Gasteiger partial charge in [0.25, 0.3) is 0 Å². The smallest absolute Gasteiger partial charge is 0.157 e. The van der Waals surface area contributed by atoms with E-state index in [1.807, 2.05) is 0 Å². The van der Waals surface area contributed by atoms with Gasteiger partial charge in [0.15, 0.2) is 6.29 Å². The zero-order valence-electron chi connectivity index (χ0n) is 14.2. The maximum atomic E-state index is 5.74. The summed E-state index contributed by atoms with van der Waals surface area (Å²) in [7, 11) is 0. The van der Waals surface area contributed by atoms with Crippen LogP contribution in [0.15, 0.2) is 12.2 Å². The Morgan fingerprint density at radius 1 is 0.905 bits per heavy atom. The molecule has 0 aliphatic carbocycles. The Hall–Kier alpha value is -0.340. The first-order valence-corrected chi connectivity index (χ1v) is 9.31. The second-order valence-corrected chi connectivity index (χ2v) is 6.19. The number of hydrogen-bond donors (Lipinski definition) is 0. The van der Waals surface area contributed by atoms with Gasteiger partial charge in [-0.25, -0.2) is 0 Å². The van der Waals surface area contributed by atoms with E-state index in [4.69, 9.17) is 9.47 Å². The summed E-state index contributed by atoms with van der Waals surface area (Å²) in [6.45, 7) is 4.02. The van der Waals surface area contributed by atoms with Crippen LogP contribution in [0.25, 0.3) is 0 Å². The lowest BCUT2D eigenvalue weighted by molar-refractivity contribution is -0.162. The van der Waals surface area contributed by atoms with Gasteiger partial charge < -0.3 is 9.47 Å². The van der Waals surface area contributed by atoms with Gasteiger partial charge in [-0.3, -0.25) is 0 Å². The molecule has 0 aromatic heterocycles. The predicted octanol–water partition coefficient (Wildman–Crippen LogP) is 6.01. The minimum absolute atomic E-state index is 0.0920. The van der Waals surface area contributed by atoms with Crippen LogP contribution in [0.5, 0.6) is 0 Å². The zero-order chi connectivity index (χ0) is 15.0. The molecule has 0 aromatic rings. The summed E-state index contributed by atoms with van der Waals surface area (Å²) >= 11 is 0. The Labute approximate surface area is 132 Å². The van der Waals surface area contributed by atoms with Crippen LogP contribution < -0.4 is 0 Å². The first kappa shape index (κ1) is 18.7. The van der Waals surface area contributed by atoms with Crippen molar-refractivity contribution >= 4 is 0 Å². The monoisotopic (exact) mass is 296 g/mol. The maximum Gasteiger partial charge on any atom is 0.157 e. The van der Waals surface area contributed by atoms with E-state index in [1.165, 1.54) is 77.0 Å². The van der Waals surface area contributed by atoms with E-state index >= 15 is 0 Å². The Kier molecular flexibility index (Phi) is 13.0. The topological polar surface area (TPSA) is 18.5 Å². The molecule has 1 aliphatic heterocycles. The molecule has 0 bridgehead atoms. The number of allylic oxidation sites excluding steroid dienone is 2. The fraction of sp³-hybridized carbons (Fsp3) is 0.895. The third-order valence-corrected chi connectivity index (χ3v) is 4.10. The molecule has 0 spiro atoms. The SMILES string of the molecule is CCCCCC/C=C/CCCCCCOC1CCCCO1. The molecule has 1 atom stereocenters. The van der Waals surface area contributed by atoms with Crippen molar-refractivity contribution in [1.82, 2.24) is 0 Å². The molecule has 2 nitrogen and oxygen atoms in total. The molecule has 1 unspecified atom stereocenters. The summed E-state index contributed by atoms with van der Waals surface area (Å²) < 4.78 is 11.3. The third-order valence-electron chi connectivity index (χ3n) is 4.10. The Balaban J connectivity index is 1.75. The molecule has 0 saturated carbocycles. The molecular weight excluding hydrogens is 260 g/mol. The van der Waals surface area contributed by atoms with Gasteiger partial charge in [0, 0.05) is 13.2 Å². The predicted molar refractivity (Wildman–Crippen MR) is 90.5 cm³/mol. The highest BCUT2D eigenvalue weighted by Gasteiger charge is 2.13. The van der Waals surface area contributed by atoms with E-state index in [-0.39, 0.29) is 6.29 Å². The van der Waals surface area contributed by atoms with Crippen molar-refractivity contribution in [3.8, 4) is 0 Å². The lowest BCUT2D eigenvalue weighted by atomic mass is 10.1. The standard InChI is InChI=1S/C19H36O2/c1-2-3-4-5-6-7-8-9-10-11-12-14-17-20-19-16-13-15-18-21-19/h7-8,19H,2-6,9-18H2,1H3/b8-7+. The van der Waals surface area contributed by atoms with Gasteiger partial charge in [-0.2, -0.15) is 0 Å². The number of rotatable bonds is 13. The van der Waals surface area contributed by atoms with E-state index in [1.54, 1.807) is 0 Å². The molecule has 21 heavy (non-hydrogen) atoms. The summed E-state index contributed by atoms with van der Waals surface area (Å²) in [5, 5.41) is 0. The van der Waals surface area contributed by atoms with Crippen LogP contribution in [-0.4, -0.2) is 19.5 Å². The summed E-state index contributed by atoms with van der Waals surface area (Å²) in [5.41, 5.74) is 0. The fourth-order valence-electron chi connectivity index (χ4n) is 2.70. The van der Waals surface area contributed by atoms with Crippen LogP contribution in [0.2, 0.25) is 0 Å². The van der Waals surface area contributed by atoms with Gasteiger partial charge in [0.2, 0.25) is 0 Å². The van der Waals surface area contributed by atoms with Crippen LogP contribution >= 0.6 is 0 Å². The summed E-state index contributed by atoms with van der Waals surface area (Å²) in [4.78, 5) is 0. The number of hydrogen-bond acceptors (Lipinski definition) is 2. The minimum Gasteiger partial charge on any atom is -0.353 e. The Morgan fingerprint density at radius 3 is 2.29 bits per heavy atom. The molecule has 1 heterocycles. The first-order chi connectivity index (χ1) is 10.4. The fourth-order valence-corrected chi connectivity index (χ4v) is 2.70. The maximum absolute atomic E-state index is 5.74. The van der Waals surface area contributed by atoms with Gasteiger partial charge in [0.05, 0.1) is 0 Å². The zero-order valence-corrected chi connectivity index (χ0v) is 14.2. The van der Waals surface area contributed by atoms with Crippen molar-refractivity contribution < 1.29 is 9.47 Å². The van der Waals surface area contributed by atoms with Crippen molar-refractivity contribution in [2.24, 2.45) is 0 Å². The molecular formula is C19H36O2. The van der Waals surface area contributed by atoms with Gasteiger partial charge in [0.1, 0.15) is 0 Å². The molecule has 0 amide bonds. The van der Waals surface area contributed by atoms with Crippen LogP contribution in [0.4, 0.5) is 0 Å². The molecule has 1 saturated heterocycles. The summed E-state index contributed by atoms with van der Waals surface area (Å²) in [6, 6.07) is 0. The molecule has 1 fully saturated rings. The van der Waals surface area contributed by atoms with Crippen molar-refractivity contribution in [2.75, 3.05) is 13.2 Å². The number of ether oxygens (including phenoxy) is 2. The van der Waals surface area contributed by atoms with Gasteiger partial charge in [-0.05, 0) is 51.4 Å². The van der Waals surface area contributed by atoms with Crippen molar-refractivity contribution in [2.45, 2.75) is 96.7 Å². The quantitative estimate of drug-likeness (QED) is 0.306. The van der Waals surface area contributed by atoms with Crippen molar-refractivity contribution in [1.29, 1.82) is 0 Å². The van der Waals surface area contributed by atoms with Gasteiger partial charge in [-0.1, -0.05) is 51.2 Å². The average Bonchev–Trinajstić information content (AvgIpc) is 2.53.